The highest BCUT2D eigenvalue weighted by Crippen LogP contribution is 2.27. The molecule has 1 aliphatic rings. The van der Waals surface area contributed by atoms with Gasteiger partial charge < -0.3 is 10.2 Å². The van der Waals surface area contributed by atoms with Gasteiger partial charge in [-0.15, -0.1) is 0 Å². The standard InChI is InChI=1S/C16H26N2/c1-3-18(12-14-8-7-9-14)13-16(17-2)15-10-5-4-6-11-15/h4-6,10-11,14,16-17H,3,7-9,12-13H2,1-2H3. The zero-order chi connectivity index (χ0) is 12.8. The fraction of sp³-hybridized carbons (Fsp3) is 0.625. The molecule has 2 rings (SSSR count). The first-order chi connectivity index (χ1) is 8.83. The van der Waals surface area contributed by atoms with Crippen LogP contribution in [-0.4, -0.2) is 31.6 Å². The molecule has 0 amide bonds. The SMILES string of the molecule is CCN(CC1CCC1)CC(NC)c1ccccc1. The van der Waals surface area contributed by atoms with Crippen LogP contribution in [0.15, 0.2) is 30.3 Å². The molecule has 18 heavy (non-hydrogen) atoms. The second-order valence-electron chi connectivity index (χ2n) is 5.40. The molecule has 0 radical (unpaired) electrons. The minimum atomic E-state index is 0.450. The van der Waals surface area contributed by atoms with Crippen molar-refractivity contribution in [1.29, 1.82) is 0 Å². The van der Waals surface area contributed by atoms with Crippen molar-refractivity contribution in [2.75, 3.05) is 26.7 Å². The number of nitrogens with zero attached hydrogens (tertiary/aromatic N) is 1. The van der Waals surface area contributed by atoms with Crippen molar-refractivity contribution in [2.24, 2.45) is 5.92 Å². The molecule has 100 valence electrons. The average molecular weight is 246 g/mol. The molecule has 1 aliphatic carbocycles. The van der Waals surface area contributed by atoms with E-state index in [9.17, 15) is 0 Å². The smallest absolute Gasteiger partial charge is 0.0446 e. The molecular formula is C16H26N2. The molecule has 0 aromatic heterocycles. The molecular weight excluding hydrogens is 220 g/mol. The third-order valence-corrected chi connectivity index (χ3v) is 4.18. The molecule has 0 saturated heterocycles. The van der Waals surface area contributed by atoms with E-state index < -0.39 is 0 Å². The third-order valence-electron chi connectivity index (χ3n) is 4.18. The first kappa shape index (κ1) is 13.6. The Labute approximate surface area is 111 Å². The number of nitrogens with one attached hydrogen (secondary N) is 1. The Balaban J connectivity index is 1.91. The Bertz CT molecular complexity index is 332. The summed E-state index contributed by atoms with van der Waals surface area (Å²) in [6.45, 7) is 5.83. The van der Waals surface area contributed by atoms with E-state index in [0.717, 1.165) is 19.0 Å². The first-order valence-electron chi connectivity index (χ1n) is 7.28. The lowest BCUT2D eigenvalue weighted by Crippen LogP contribution is -2.38. The molecule has 0 heterocycles. The highest BCUT2D eigenvalue weighted by Gasteiger charge is 2.21. The van der Waals surface area contributed by atoms with Crippen LogP contribution in [0.5, 0.6) is 0 Å². The van der Waals surface area contributed by atoms with Crippen molar-refractivity contribution in [3.8, 4) is 0 Å². The Morgan fingerprint density at radius 2 is 2.00 bits per heavy atom. The van der Waals surface area contributed by atoms with Crippen molar-refractivity contribution in [1.82, 2.24) is 10.2 Å². The Kier molecular flexibility index (Phi) is 5.21. The molecule has 2 heteroatoms. The van der Waals surface area contributed by atoms with Gasteiger partial charge in [0.25, 0.3) is 0 Å². The van der Waals surface area contributed by atoms with Gasteiger partial charge in [-0.25, -0.2) is 0 Å². The predicted octanol–water partition coefficient (Wildman–Crippen LogP) is 3.07. The number of hydrogen-bond acceptors (Lipinski definition) is 2. The summed E-state index contributed by atoms with van der Waals surface area (Å²) in [4.78, 5) is 2.60. The quantitative estimate of drug-likeness (QED) is 0.795. The van der Waals surface area contributed by atoms with Gasteiger partial charge in [-0.05, 0) is 37.9 Å². The molecule has 1 aromatic rings. The Morgan fingerprint density at radius 1 is 1.28 bits per heavy atom. The number of likely N-dealkylation sites (N-methyl/N-ethyl adjacent to an activating group) is 2. The molecule has 0 bridgehead atoms. The predicted molar refractivity (Wildman–Crippen MR) is 77.7 cm³/mol. The van der Waals surface area contributed by atoms with Crippen molar-refractivity contribution in [3.63, 3.8) is 0 Å². The maximum atomic E-state index is 3.45. The summed E-state index contributed by atoms with van der Waals surface area (Å²) in [5, 5.41) is 3.45. The monoisotopic (exact) mass is 246 g/mol. The van der Waals surface area contributed by atoms with E-state index in [-0.39, 0.29) is 0 Å². The van der Waals surface area contributed by atoms with E-state index in [0.29, 0.717) is 6.04 Å². The number of rotatable bonds is 7. The van der Waals surface area contributed by atoms with Crippen LogP contribution in [0, 0.1) is 5.92 Å². The maximum absolute atomic E-state index is 3.45. The normalized spacial score (nSPS) is 17.7. The fourth-order valence-corrected chi connectivity index (χ4v) is 2.68. The van der Waals surface area contributed by atoms with E-state index in [1.54, 1.807) is 0 Å². The molecule has 1 unspecified atom stereocenters. The average Bonchev–Trinajstić information content (AvgIpc) is 2.38. The zero-order valence-corrected chi connectivity index (χ0v) is 11.7. The van der Waals surface area contributed by atoms with Crippen LogP contribution in [0.1, 0.15) is 37.8 Å². The van der Waals surface area contributed by atoms with Crippen LogP contribution < -0.4 is 5.32 Å². The molecule has 1 atom stereocenters. The third kappa shape index (κ3) is 3.56. The summed E-state index contributed by atoms with van der Waals surface area (Å²) < 4.78 is 0. The van der Waals surface area contributed by atoms with Gasteiger partial charge in [-0.2, -0.15) is 0 Å². The summed E-state index contributed by atoms with van der Waals surface area (Å²) in [7, 11) is 2.06. The van der Waals surface area contributed by atoms with E-state index in [4.69, 9.17) is 0 Å². The van der Waals surface area contributed by atoms with Gasteiger partial charge in [-0.3, -0.25) is 0 Å². The highest BCUT2D eigenvalue weighted by atomic mass is 15.1. The highest BCUT2D eigenvalue weighted by molar-refractivity contribution is 5.19. The van der Waals surface area contributed by atoms with E-state index >= 15 is 0 Å². The van der Waals surface area contributed by atoms with Crippen molar-refractivity contribution < 1.29 is 0 Å². The summed E-state index contributed by atoms with van der Waals surface area (Å²) in [5.74, 6) is 0.957. The largest absolute Gasteiger partial charge is 0.312 e. The van der Waals surface area contributed by atoms with Gasteiger partial charge >= 0.3 is 0 Å². The Hall–Kier alpha value is -0.860. The molecule has 1 saturated carbocycles. The molecule has 1 aromatic carbocycles. The second-order valence-corrected chi connectivity index (χ2v) is 5.40. The van der Waals surface area contributed by atoms with Gasteiger partial charge in [0.15, 0.2) is 0 Å². The van der Waals surface area contributed by atoms with E-state index in [1.807, 2.05) is 0 Å². The van der Waals surface area contributed by atoms with Crippen molar-refractivity contribution in [2.45, 2.75) is 32.2 Å². The van der Waals surface area contributed by atoms with Crippen molar-refractivity contribution in [3.05, 3.63) is 35.9 Å². The number of benzene rings is 1. The molecule has 0 spiro atoms. The lowest BCUT2D eigenvalue weighted by atomic mass is 9.85. The molecule has 2 nitrogen and oxygen atoms in total. The van der Waals surface area contributed by atoms with Crippen LogP contribution in [0.4, 0.5) is 0 Å². The van der Waals surface area contributed by atoms with Gasteiger partial charge in [0.2, 0.25) is 0 Å². The van der Waals surface area contributed by atoms with Crippen LogP contribution in [0.3, 0.4) is 0 Å². The van der Waals surface area contributed by atoms with Gasteiger partial charge in [0.1, 0.15) is 0 Å². The van der Waals surface area contributed by atoms with E-state index in [2.05, 4.69) is 54.5 Å². The van der Waals surface area contributed by atoms with Crippen LogP contribution >= 0.6 is 0 Å². The van der Waals surface area contributed by atoms with Crippen LogP contribution in [-0.2, 0) is 0 Å². The second kappa shape index (κ2) is 6.91. The van der Waals surface area contributed by atoms with Gasteiger partial charge in [-0.1, -0.05) is 43.7 Å². The summed E-state index contributed by atoms with van der Waals surface area (Å²) in [6, 6.07) is 11.2. The lowest BCUT2D eigenvalue weighted by molar-refractivity contribution is 0.172. The minimum Gasteiger partial charge on any atom is -0.312 e. The van der Waals surface area contributed by atoms with Crippen molar-refractivity contribution >= 4 is 0 Å². The molecule has 1 fully saturated rings. The van der Waals surface area contributed by atoms with Gasteiger partial charge in [0.05, 0.1) is 0 Å². The topological polar surface area (TPSA) is 15.3 Å². The number of hydrogen-bond donors (Lipinski definition) is 1. The zero-order valence-electron chi connectivity index (χ0n) is 11.7. The van der Waals surface area contributed by atoms with Crippen LogP contribution in [0.25, 0.3) is 0 Å². The van der Waals surface area contributed by atoms with Gasteiger partial charge in [0, 0.05) is 19.1 Å². The fourth-order valence-electron chi connectivity index (χ4n) is 2.68. The molecule has 0 aliphatic heterocycles. The molecule has 1 N–H and O–H groups in total. The maximum Gasteiger partial charge on any atom is 0.0446 e. The summed E-state index contributed by atoms with van der Waals surface area (Å²) in [6.07, 6.45) is 4.31. The Morgan fingerprint density at radius 3 is 2.50 bits per heavy atom. The minimum absolute atomic E-state index is 0.450. The van der Waals surface area contributed by atoms with E-state index in [1.165, 1.54) is 31.4 Å². The first-order valence-corrected chi connectivity index (χ1v) is 7.28. The summed E-state index contributed by atoms with van der Waals surface area (Å²) >= 11 is 0. The summed E-state index contributed by atoms with van der Waals surface area (Å²) in [5.41, 5.74) is 1.40. The van der Waals surface area contributed by atoms with Crippen LogP contribution in [0.2, 0.25) is 0 Å². The lowest BCUT2D eigenvalue weighted by Gasteiger charge is -2.33.